The number of carbonyl (C=O) groups excluding carboxylic acids is 3. The summed E-state index contributed by atoms with van der Waals surface area (Å²) in [5.74, 6) is -0.733. The number of hydrogen-bond acceptors (Lipinski definition) is 5. The van der Waals surface area contributed by atoms with Crippen molar-refractivity contribution in [3.63, 3.8) is 0 Å². The lowest BCUT2D eigenvalue weighted by Gasteiger charge is -2.41. The fraction of sp³-hybridized carbons (Fsp3) is 0.533. The van der Waals surface area contributed by atoms with Crippen molar-refractivity contribution in [3.05, 3.63) is 24.3 Å². The van der Waals surface area contributed by atoms with Gasteiger partial charge < -0.3 is 15.5 Å². The van der Waals surface area contributed by atoms with Gasteiger partial charge in [0.15, 0.2) is 0 Å². The van der Waals surface area contributed by atoms with Crippen LogP contribution in [0.3, 0.4) is 0 Å². The van der Waals surface area contributed by atoms with E-state index >= 15 is 0 Å². The Morgan fingerprint density at radius 3 is 2.30 bits per heavy atom. The Kier molecular flexibility index (Phi) is 4.22. The number of primary amides is 1. The molecular formula is C15H19N5O3. The Morgan fingerprint density at radius 2 is 1.74 bits per heavy atom. The van der Waals surface area contributed by atoms with Gasteiger partial charge in [-0.05, 0) is 12.8 Å². The van der Waals surface area contributed by atoms with Crippen molar-refractivity contribution >= 4 is 17.7 Å². The van der Waals surface area contributed by atoms with Crippen LogP contribution in [-0.2, 0) is 9.59 Å². The summed E-state index contributed by atoms with van der Waals surface area (Å²) in [6.45, 7) is 1.93. The molecule has 0 aromatic carbocycles. The topological polar surface area (TPSA) is 109 Å². The van der Waals surface area contributed by atoms with Gasteiger partial charge in [-0.15, -0.1) is 0 Å². The monoisotopic (exact) mass is 317 g/mol. The van der Waals surface area contributed by atoms with Crippen molar-refractivity contribution in [1.29, 1.82) is 0 Å². The van der Waals surface area contributed by atoms with Gasteiger partial charge in [0.05, 0.1) is 12.1 Å². The lowest BCUT2D eigenvalue weighted by molar-refractivity contribution is -0.142. The van der Waals surface area contributed by atoms with Crippen molar-refractivity contribution in [2.24, 2.45) is 17.6 Å². The Bertz CT molecular complexity index is 607. The third kappa shape index (κ3) is 3.15. The van der Waals surface area contributed by atoms with Crippen molar-refractivity contribution in [2.75, 3.05) is 26.2 Å². The molecule has 1 aromatic rings. The molecular weight excluding hydrogens is 298 g/mol. The molecule has 3 heterocycles. The first-order chi connectivity index (χ1) is 11.1. The molecule has 0 atom stereocenters. The van der Waals surface area contributed by atoms with Crippen LogP contribution >= 0.6 is 0 Å². The van der Waals surface area contributed by atoms with E-state index in [9.17, 15) is 14.4 Å². The van der Waals surface area contributed by atoms with E-state index < -0.39 is 0 Å². The molecule has 2 aliphatic heterocycles. The molecule has 0 bridgehead atoms. The van der Waals surface area contributed by atoms with E-state index in [0.29, 0.717) is 44.7 Å². The van der Waals surface area contributed by atoms with Crippen LogP contribution in [0.25, 0.3) is 0 Å². The average molecular weight is 317 g/mol. The van der Waals surface area contributed by atoms with Gasteiger partial charge in [0.25, 0.3) is 5.91 Å². The number of nitrogens with two attached hydrogens (primary N) is 1. The molecule has 0 radical (unpaired) electrons. The maximum absolute atomic E-state index is 12.4. The number of aromatic nitrogens is 2. The quantitative estimate of drug-likeness (QED) is 0.790. The van der Waals surface area contributed by atoms with Crippen LogP contribution in [0, 0.1) is 11.8 Å². The van der Waals surface area contributed by atoms with Crippen LogP contribution in [-0.4, -0.2) is 63.7 Å². The molecule has 0 spiro atoms. The van der Waals surface area contributed by atoms with Gasteiger partial charge in [0, 0.05) is 44.5 Å². The second kappa shape index (κ2) is 6.31. The number of carbonyl (C=O) groups is 3. The molecule has 0 unspecified atom stereocenters. The highest BCUT2D eigenvalue weighted by Crippen LogP contribution is 2.23. The Hall–Kier alpha value is -2.51. The number of likely N-dealkylation sites (tertiary alicyclic amines) is 2. The second-order valence-electron chi connectivity index (χ2n) is 6.00. The van der Waals surface area contributed by atoms with Crippen LogP contribution in [0.2, 0.25) is 0 Å². The van der Waals surface area contributed by atoms with Crippen LogP contribution in [0.4, 0.5) is 0 Å². The van der Waals surface area contributed by atoms with Crippen LogP contribution in [0.1, 0.15) is 23.3 Å². The number of hydrogen-bond donors (Lipinski definition) is 1. The molecule has 2 saturated heterocycles. The van der Waals surface area contributed by atoms with Crippen molar-refractivity contribution in [1.82, 2.24) is 19.8 Å². The van der Waals surface area contributed by atoms with E-state index in [2.05, 4.69) is 9.97 Å². The summed E-state index contributed by atoms with van der Waals surface area (Å²) in [6.07, 6.45) is 5.64. The fourth-order valence-corrected chi connectivity index (χ4v) is 3.01. The first kappa shape index (κ1) is 15.4. The zero-order valence-corrected chi connectivity index (χ0v) is 12.7. The van der Waals surface area contributed by atoms with Gasteiger partial charge in [-0.3, -0.25) is 19.4 Å². The van der Waals surface area contributed by atoms with Gasteiger partial charge in [0.2, 0.25) is 11.8 Å². The normalized spacial score (nSPS) is 19.3. The number of rotatable bonds is 3. The van der Waals surface area contributed by atoms with Crippen LogP contribution in [0.15, 0.2) is 18.6 Å². The second-order valence-corrected chi connectivity index (χ2v) is 6.00. The van der Waals surface area contributed by atoms with Gasteiger partial charge in [0.1, 0.15) is 5.69 Å². The third-order valence-corrected chi connectivity index (χ3v) is 4.51. The highest BCUT2D eigenvalue weighted by molar-refractivity contribution is 5.94. The van der Waals surface area contributed by atoms with E-state index in [1.165, 1.54) is 18.6 Å². The standard InChI is InChI=1S/C15H19N5O3/c16-13(21)10-1-5-19(6-2-10)14(22)11-8-20(9-11)15(23)12-7-17-3-4-18-12/h3-4,7,10-11H,1-2,5-6,8-9H2,(H2,16,21). The Balaban J connectivity index is 1.49. The van der Waals surface area contributed by atoms with Gasteiger partial charge >= 0.3 is 0 Å². The molecule has 0 saturated carbocycles. The lowest BCUT2D eigenvalue weighted by atomic mass is 9.93. The minimum Gasteiger partial charge on any atom is -0.369 e. The largest absolute Gasteiger partial charge is 0.369 e. The molecule has 0 aliphatic carbocycles. The zero-order valence-electron chi connectivity index (χ0n) is 12.7. The molecule has 1 aromatic heterocycles. The molecule has 122 valence electrons. The summed E-state index contributed by atoms with van der Waals surface area (Å²) in [7, 11) is 0. The number of piperidine rings is 1. The van der Waals surface area contributed by atoms with Gasteiger partial charge in [-0.2, -0.15) is 0 Å². The van der Waals surface area contributed by atoms with E-state index in [4.69, 9.17) is 5.73 Å². The molecule has 8 nitrogen and oxygen atoms in total. The average Bonchev–Trinajstić information content (AvgIpc) is 2.54. The Morgan fingerprint density at radius 1 is 1.04 bits per heavy atom. The maximum Gasteiger partial charge on any atom is 0.274 e. The van der Waals surface area contributed by atoms with Crippen molar-refractivity contribution in [3.8, 4) is 0 Å². The molecule has 3 rings (SSSR count). The van der Waals surface area contributed by atoms with E-state index in [-0.39, 0.29) is 29.6 Å². The Labute approximate surface area is 133 Å². The highest BCUT2D eigenvalue weighted by atomic mass is 16.2. The first-order valence-corrected chi connectivity index (χ1v) is 7.69. The summed E-state index contributed by atoms with van der Waals surface area (Å²) in [5.41, 5.74) is 5.59. The van der Waals surface area contributed by atoms with Crippen LogP contribution in [0.5, 0.6) is 0 Å². The predicted molar refractivity (Wildman–Crippen MR) is 79.9 cm³/mol. The summed E-state index contributed by atoms with van der Waals surface area (Å²) in [5, 5.41) is 0. The van der Waals surface area contributed by atoms with Crippen LogP contribution < -0.4 is 5.73 Å². The molecule has 3 amide bonds. The highest BCUT2D eigenvalue weighted by Gasteiger charge is 2.39. The predicted octanol–water partition coefficient (Wildman–Crippen LogP) is -0.727. The minimum absolute atomic E-state index is 0.0520. The fourth-order valence-electron chi connectivity index (χ4n) is 3.01. The summed E-state index contributed by atoms with van der Waals surface area (Å²) >= 11 is 0. The summed E-state index contributed by atoms with van der Waals surface area (Å²) in [4.78, 5) is 46.9. The molecule has 2 N–H and O–H groups in total. The number of amides is 3. The van der Waals surface area contributed by atoms with Crippen molar-refractivity contribution in [2.45, 2.75) is 12.8 Å². The third-order valence-electron chi connectivity index (χ3n) is 4.51. The minimum atomic E-state index is -0.290. The molecule has 8 heteroatoms. The first-order valence-electron chi connectivity index (χ1n) is 7.69. The van der Waals surface area contributed by atoms with Gasteiger partial charge in [-0.25, -0.2) is 4.98 Å². The molecule has 23 heavy (non-hydrogen) atoms. The lowest BCUT2D eigenvalue weighted by Crippen LogP contribution is -2.57. The molecule has 2 aliphatic rings. The molecule has 2 fully saturated rings. The maximum atomic E-state index is 12.4. The van der Waals surface area contributed by atoms with E-state index in [0.717, 1.165) is 0 Å². The van der Waals surface area contributed by atoms with Gasteiger partial charge in [-0.1, -0.05) is 0 Å². The zero-order chi connectivity index (χ0) is 16.4. The summed E-state index contributed by atoms with van der Waals surface area (Å²) < 4.78 is 0. The van der Waals surface area contributed by atoms with E-state index in [1.54, 1.807) is 9.80 Å². The smallest absolute Gasteiger partial charge is 0.274 e. The number of nitrogens with zero attached hydrogens (tertiary/aromatic N) is 4. The van der Waals surface area contributed by atoms with Crippen molar-refractivity contribution < 1.29 is 14.4 Å². The SMILES string of the molecule is NC(=O)C1CCN(C(=O)C2CN(C(=O)c3cnccn3)C2)CC1. The summed E-state index contributed by atoms with van der Waals surface area (Å²) in [6, 6.07) is 0. The van der Waals surface area contributed by atoms with E-state index in [1.807, 2.05) is 0 Å².